The molecule has 21 heavy (non-hydrogen) atoms. The summed E-state index contributed by atoms with van der Waals surface area (Å²) >= 11 is 0. The maximum atomic E-state index is 5.41. The number of nitrogens with one attached hydrogen (secondary N) is 1. The van der Waals surface area contributed by atoms with Crippen LogP contribution in [0.4, 0.5) is 0 Å². The van der Waals surface area contributed by atoms with Gasteiger partial charge in [0.15, 0.2) is 0 Å². The van der Waals surface area contributed by atoms with E-state index in [0.29, 0.717) is 6.04 Å². The van der Waals surface area contributed by atoms with Crippen LogP contribution < -0.4 is 5.32 Å². The molecule has 0 radical (unpaired) electrons. The van der Waals surface area contributed by atoms with Crippen molar-refractivity contribution < 1.29 is 4.74 Å². The fourth-order valence-electron chi connectivity index (χ4n) is 2.57. The monoisotopic (exact) mass is 295 g/mol. The summed E-state index contributed by atoms with van der Waals surface area (Å²) in [6.07, 6.45) is 4.43. The van der Waals surface area contributed by atoms with E-state index in [-0.39, 0.29) is 0 Å². The van der Waals surface area contributed by atoms with E-state index in [9.17, 15) is 0 Å². The Morgan fingerprint density at radius 2 is 2.19 bits per heavy atom. The van der Waals surface area contributed by atoms with Gasteiger partial charge in [-0.2, -0.15) is 0 Å². The average Bonchev–Trinajstić information content (AvgIpc) is 2.92. The van der Waals surface area contributed by atoms with E-state index in [1.807, 2.05) is 10.9 Å². The lowest BCUT2D eigenvalue weighted by atomic mass is 10.00. The van der Waals surface area contributed by atoms with Crippen molar-refractivity contribution in [3.63, 3.8) is 0 Å². The molecule has 0 saturated carbocycles. The number of aromatic nitrogens is 3. The smallest absolute Gasteiger partial charge is 0.0964 e. The summed E-state index contributed by atoms with van der Waals surface area (Å²) in [6.45, 7) is 9.97. The minimum absolute atomic E-state index is 0.473. The van der Waals surface area contributed by atoms with Crippen LogP contribution >= 0.6 is 0 Å². The van der Waals surface area contributed by atoms with Crippen LogP contribution in [-0.4, -0.2) is 59.3 Å². The van der Waals surface area contributed by atoms with Gasteiger partial charge in [-0.05, 0) is 25.8 Å². The van der Waals surface area contributed by atoms with Crippen LogP contribution in [0, 0.1) is 5.92 Å². The van der Waals surface area contributed by atoms with Crippen molar-refractivity contribution in [3.05, 3.63) is 11.9 Å². The second-order valence-electron chi connectivity index (χ2n) is 6.33. The molecule has 6 nitrogen and oxygen atoms in total. The van der Waals surface area contributed by atoms with Gasteiger partial charge in [0.25, 0.3) is 0 Å². The molecule has 1 aliphatic heterocycles. The summed E-state index contributed by atoms with van der Waals surface area (Å²) in [6, 6.07) is 0.473. The van der Waals surface area contributed by atoms with E-state index in [2.05, 4.69) is 41.4 Å². The molecular weight excluding hydrogens is 266 g/mol. The van der Waals surface area contributed by atoms with Crippen LogP contribution in [0.25, 0.3) is 0 Å². The average molecular weight is 295 g/mol. The maximum Gasteiger partial charge on any atom is 0.0964 e. The maximum absolute atomic E-state index is 5.41. The van der Waals surface area contributed by atoms with Crippen LogP contribution in [0.5, 0.6) is 0 Å². The molecule has 1 fully saturated rings. The third-order valence-corrected chi connectivity index (χ3v) is 3.90. The van der Waals surface area contributed by atoms with Gasteiger partial charge in [0.05, 0.1) is 12.2 Å². The Bertz CT molecular complexity index is 401. The molecule has 6 heteroatoms. The van der Waals surface area contributed by atoms with Crippen LogP contribution in [0.15, 0.2) is 6.20 Å². The molecule has 2 rings (SSSR count). The van der Waals surface area contributed by atoms with Gasteiger partial charge >= 0.3 is 0 Å². The molecular formula is C15H29N5O. The summed E-state index contributed by atoms with van der Waals surface area (Å²) in [5.74, 6) is 0.783. The minimum Gasteiger partial charge on any atom is -0.381 e. The first-order chi connectivity index (χ1) is 10.1. The lowest BCUT2D eigenvalue weighted by molar-refractivity contribution is 0.0553. The standard InChI is InChI=1S/C15H29N5O/c1-13(2)16-10-15-12-20(18-17-15)7-6-19(3)11-14-4-8-21-9-5-14/h12-14,16H,4-11H2,1-3H3. The topological polar surface area (TPSA) is 55.2 Å². The van der Waals surface area contributed by atoms with E-state index >= 15 is 0 Å². The second-order valence-corrected chi connectivity index (χ2v) is 6.33. The Kier molecular flexibility index (Phi) is 6.60. The molecule has 1 aromatic heterocycles. The van der Waals surface area contributed by atoms with Crippen LogP contribution in [-0.2, 0) is 17.8 Å². The molecule has 120 valence electrons. The Labute approximate surface area is 127 Å². The predicted molar refractivity (Wildman–Crippen MR) is 83.0 cm³/mol. The fourth-order valence-corrected chi connectivity index (χ4v) is 2.57. The highest BCUT2D eigenvalue weighted by Crippen LogP contribution is 2.15. The normalized spacial score (nSPS) is 17.0. The molecule has 1 aliphatic rings. The predicted octanol–water partition coefficient (Wildman–Crippen LogP) is 1.13. The zero-order valence-corrected chi connectivity index (χ0v) is 13.6. The van der Waals surface area contributed by atoms with Crippen molar-refractivity contribution in [2.24, 2.45) is 5.92 Å². The summed E-state index contributed by atoms with van der Waals surface area (Å²) in [5.41, 5.74) is 1.01. The molecule has 2 heterocycles. The van der Waals surface area contributed by atoms with Gasteiger partial charge in [-0.25, -0.2) is 0 Å². The summed E-state index contributed by atoms with van der Waals surface area (Å²) < 4.78 is 7.35. The van der Waals surface area contributed by atoms with Gasteiger partial charge in [0.1, 0.15) is 0 Å². The van der Waals surface area contributed by atoms with E-state index < -0.39 is 0 Å². The molecule has 1 N–H and O–H groups in total. The zero-order chi connectivity index (χ0) is 15.1. The van der Waals surface area contributed by atoms with Crippen LogP contribution in [0.3, 0.4) is 0 Å². The molecule has 0 amide bonds. The van der Waals surface area contributed by atoms with Gasteiger partial charge in [-0.1, -0.05) is 19.1 Å². The molecule has 0 atom stereocenters. The Balaban J connectivity index is 1.67. The first-order valence-electron chi connectivity index (χ1n) is 8.02. The fraction of sp³-hybridized carbons (Fsp3) is 0.867. The van der Waals surface area contributed by atoms with Gasteiger partial charge in [0.2, 0.25) is 0 Å². The molecule has 0 bridgehead atoms. The number of rotatable bonds is 8. The van der Waals surface area contributed by atoms with Crippen molar-refractivity contribution in [2.75, 3.05) is 33.4 Å². The van der Waals surface area contributed by atoms with E-state index in [0.717, 1.165) is 51.0 Å². The SMILES string of the molecule is CC(C)NCc1cn(CCN(C)CC2CCOCC2)nn1. The molecule has 0 aromatic carbocycles. The van der Waals surface area contributed by atoms with E-state index in [1.54, 1.807) is 0 Å². The van der Waals surface area contributed by atoms with Gasteiger partial charge in [0, 0.05) is 45.1 Å². The van der Waals surface area contributed by atoms with Gasteiger partial charge in [-0.3, -0.25) is 4.68 Å². The Morgan fingerprint density at radius 1 is 1.43 bits per heavy atom. The number of ether oxygens (including phenoxy) is 1. The Morgan fingerprint density at radius 3 is 2.90 bits per heavy atom. The quantitative estimate of drug-likeness (QED) is 0.779. The highest BCUT2D eigenvalue weighted by atomic mass is 16.5. The third-order valence-electron chi connectivity index (χ3n) is 3.90. The lowest BCUT2D eigenvalue weighted by Gasteiger charge is -2.26. The van der Waals surface area contributed by atoms with E-state index in [1.165, 1.54) is 12.8 Å². The van der Waals surface area contributed by atoms with Gasteiger partial charge in [-0.15, -0.1) is 5.10 Å². The Hall–Kier alpha value is -0.980. The zero-order valence-electron chi connectivity index (χ0n) is 13.6. The number of hydrogen-bond donors (Lipinski definition) is 1. The summed E-state index contributed by atoms with van der Waals surface area (Å²) in [5, 5.41) is 11.7. The summed E-state index contributed by atoms with van der Waals surface area (Å²) in [7, 11) is 2.19. The van der Waals surface area contributed by atoms with Crippen molar-refractivity contribution in [1.29, 1.82) is 0 Å². The number of hydrogen-bond acceptors (Lipinski definition) is 5. The van der Waals surface area contributed by atoms with Crippen LogP contribution in [0.2, 0.25) is 0 Å². The molecule has 0 unspecified atom stereocenters. The highest BCUT2D eigenvalue weighted by Gasteiger charge is 2.15. The van der Waals surface area contributed by atoms with Crippen LogP contribution in [0.1, 0.15) is 32.4 Å². The minimum atomic E-state index is 0.473. The molecule has 1 saturated heterocycles. The second kappa shape index (κ2) is 8.46. The molecule has 1 aromatic rings. The number of nitrogens with zero attached hydrogens (tertiary/aromatic N) is 4. The molecule has 0 spiro atoms. The number of likely N-dealkylation sites (N-methyl/N-ethyl adjacent to an activating group) is 1. The van der Waals surface area contributed by atoms with Crippen molar-refractivity contribution in [2.45, 2.75) is 45.8 Å². The van der Waals surface area contributed by atoms with Crippen molar-refractivity contribution in [3.8, 4) is 0 Å². The first-order valence-corrected chi connectivity index (χ1v) is 8.02. The van der Waals surface area contributed by atoms with E-state index in [4.69, 9.17) is 4.74 Å². The van der Waals surface area contributed by atoms with Crippen molar-refractivity contribution >= 4 is 0 Å². The highest BCUT2D eigenvalue weighted by molar-refractivity contribution is 4.91. The summed E-state index contributed by atoms with van der Waals surface area (Å²) in [4.78, 5) is 2.39. The third kappa shape index (κ3) is 6.11. The van der Waals surface area contributed by atoms with Crippen molar-refractivity contribution in [1.82, 2.24) is 25.2 Å². The lowest BCUT2D eigenvalue weighted by Crippen LogP contribution is -2.31. The first kappa shape index (κ1) is 16.4. The van der Waals surface area contributed by atoms with Gasteiger partial charge < -0.3 is 15.0 Å². The largest absolute Gasteiger partial charge is 0.381 e. The molecule has 0 aliphatic carbocycles.